The normalized spacial score (nSPS) is 17.9. The lowest BCUT2D eigenvalue weighted by Crippen LogP contribution is -2.32. The van der Waals surface area contributed by atoms with E-state index in [0.717, 1.165) is 11.1 Å². The Hall–Kier alpha value is -2.69. The molecule has 1 saturated heterocycles. The van der Waals surface area contributed by atoms with E-state index in [9.17, 15) is 9.59 Å². The number of aromatic nitrogens is 1. The fourth-order valence-electron chi connectivity index (χ4n) is 2.39. The molecule has 0 radical (unpaired) electrons. The minimum atomic E-state index is -0.489. The lowest BCUT2D eigenvalue weighted by atomic mass is 10.1. The van der Waals surface area contributed by atoms with Crippen molar-refractivity contribution < 1.29 is 9.59 Å². The molecule has 106 valence electrons. The van der Waals surface area contributed by atoms with Crippen LogP contribution in [0, 0.1) is 0 Å². The molecule has 0 saturated carbocycles. The summed E-state index contributed by atoms with van der Waals surface area (Å²) >= 11 is 0. The quantitative estimate of drug-likeness (QED) is 0.868. The first-order chi connectivity index (χ1) is 10.2. The van der Waals surface area contributed by atoms with Crippen molar-refractivity contribution in [2.45, 2.75) is 19.0 Å². The second kappa shape index (κ2) is 5.75. The fraction of sp³-hybridized carbons (Fsp3) is 0.188. The highest BCUT2D eigenvalue weighted by molar-refractivity contribution is 6.04. The molecular weight excluding hydrogens is 266 g/mol. The molecule has 1 N–H and O–H groups in total. The van der Waals surface area contributed by atoms with Crippen molar-refractivity contribution in [3.63, 3.8) is 0 Å². The van der Waals surface area contributed by atoms with Gasteiger partial charge in [-0.1, -0.05) is 36.4 Å². The van der Waals surface area contributed by atoms with E-state index in [1.807, 2.05) is 36.4 Å². The van der Waals surface area contributed by atoms with Crippen LogP contribution in [-0.4, -0.2) is 27.9 Å². The monoisotopic (exact) mass is 281 g/mol. The highest BCUT2D eigenvalue weighted by Gasteiger charge is 2.37. The van der Waals surface area contributed by atoms with Gasteiger partial charge in [0.25, 0.3) is 5.91 Å². The molecule has 21 heavy (non-hydrogen) atoms. The first-order valence-corrected chi connectivity index (χ1v) is 6.79. The average Bonchev–Trinajstić information content (AvgIpc) is 2.77. The highest BCUT2D eigenvalue weighted by atomic mass is 16.2. The van der Waals surface area contributed by atoms with E-state index >= 15 is 0 Å². The van der Waals surface area contributed by atoms with Gasteiger partial charge in [-0.25, -0.2) is 4.79 Å². The summed E-state index contributed by atoms with van der Waals surface area (Å²) < 4.78 is 0. The zero-order valence-electron chi connectivity index (χ0n) is 11.4. The van der Waals surface area contributed by atoms with Crippen LogP contribution in [0.25, 0.3) is 0 Å². The summed E-state index contributed by atoms with van der Waals surface area (Å²) in [6.07, 6.45) is 3.83. The second-order valence-electron chi connectivity index (χ2n) is 4.98. The van der Waals surface area contributed by atoms with Gasteiger partial charge in [0.15, 0.2) is 0 Å². The Kier molecular flexibility index (Phi) is 3.64. The molecule has 1 aromatic heterocycles. The zero-order chi connectivity index (χ0) is 14.7. The average molecular weight is 281 g/mol. The molecule has 0 unspecified atom stereocenters. The van der Waals surface area contributed by atoms with Crippen LogP contribution >= 0.6 is 0 Å². The largest absolute Gasteiger partial charge is 0.325 e. The van der Waals surface area contributed by atoms with Gasteiger partial charge in [-0.15, -0.1) is 0 Å². The van der Waals surface area contributed by atoms with Crippen molar-refractivity contribution in [3.8, 4) is 0 Å². The van der Waals surface area contributed by atoms with Crippen LogP contribution in [0.5, 0.6) is 0 Å². The van der Waals surface area contributed by atoms with Crippen molar-refractivity contribution in [1.82, 2.24) is 15.2 Å². The molecule has 1 aliphatic rings. The summed E-state index contributed by atoms with van der Waals surface area (Å²) in [6, 6.07) is 12.5. The maximum atomic E-state index is 12.3. The summed E-state index contributed by atoms with van der Waals surface area (Å²) in [5.74, 6) is -0.187. The molecule has 1 aromatic carbocycles. The molecule has 3 amide bonds. The third kappa shape index (κ3) is 2.91. The number of nitrogens with zero attached hydrogens (tertiary/aromatic N) is 2. The molecule has 0 bridgehead atoms. The Bertz CT molecular complexity index is 643. The lowest BCUT2D eigenvalue weighted by Gasteiger charge is -2.12. The molecular formula is C16H15N3O2. The molecule has 2 heterocycles. The number of hydrogen-bond acceptors (Lipinski definition) is 3. The predicted octanol–water partition coefficient (Wildman–Crippen LogP) is 1.74. The molecule has 5 heteroatoms. The highest BCUT2D eigenvalue weighted by Crippen LogP contribution is 2.14. The Balaban J connectivity index is 1.70. The number of benzene rings is 1. The number of amides is 3. The van der Waals surface area contributed by atoms with Gasteiger partial charge in [-0.05, 0) is 17.2 Å². The predicted molar refractivity (Wildman–Crippen MR) is 77.3 cm³/mol. The van der Waals surface area contributed by atoms with E-state index in [2.05, 4.69) is 10.3 Å². The van der Waals surface area contributed by atoms with E-state index in [0.29, 0.717) is 6.42 Å². The van der Waals surface area contributed by atoms with Crippen molar-refractivity contribution in [2.24, 2.45) is 0 Å². The minimum absolute atomic E-state index is 0.187. The van der Waals surface area contributed by atoms with Gasteiger partial charge in [-0.3, -0.25) is 14.7 Å². The van der Waals surface area contributed by atoms with Crippen LogP contribution in [0.2, 0.25) is 0 Å². The number of imide groups is 1. The summed E-state index contributed by atoms with van der Waals surface area (Å²) in [4.78, 5) is 29.5. The summed E-state index contributed by atoms with van der Waals surface area (Å²) in [7, 11) is 0. The Morgan fingerprint density at radius 1 is 1.05 bits per heavy atom. The Labute approximate surface area is 122 Å². The standard InChI is InChI=1S/C16H15N3O2/c20-15-14(9-12-5-2-1-3-6-12)18-16(21)19(15)11-13-7-4-8-17-10-13/h1-8,10,14H,9,11H2,(H,18,21)/t14-/m1/s1. The van der Waals surface area contributed by atoms with E-state index < -0.39 is 6.04 Å². The summed E-state index contributed by atoms with van der Waals surface area (Å²) in [5.41, 5.74) is 1.86. The number of pyridine rings is 1. The molecule has 5 nitrogen and oxygen atoms in total. The van der Waals surface area contributed by atoms with E-state index in [4.69, 9.17) is 0 Å². The van der Waals surface area contributed by atoms with Crippen LogP contribution in [0.3, 0.4) is 0 Å². The number of carbonyl (C=O) groups excluding carboxylic acids is 2. The maximum absolute atomic E-state index is 12.3. The number of nitrogens with one attached hydrogen (secondary N) is 1. The molecule has 1 fully saturated rings. The molecule has 1 aliphatic heterocycles. The van der Waals surface area contributed by atoms with Gasteiger partial charge in [0.2, 0.25) is 0 Å². The van der Waals surface area contributed by atoms with Crippen molar-refractivity contribution >= 4 is 11.9 Å². The van der Waals surface area contributed by atoms with Crippen LogP contribution in [0.4, 0.5) is 4.79 Å². The first-order valence-electron chi connectivity index (χ1n) is 6.79. The fourth-order valence-corrected chi connectivity index (χ4v) is 2.39. The van der Waals surface area contributed by atoms with E-state index in [-0.39, 0.29) is 18.5 Å². The number of carbonyl (C=O) groups is 2. The molecule has 0 spiro atoms. The van der Waals surface area contributed by atoms with Crippen LogP contribution in [0.1, 0.15) is 11.1 Å². The summed E-state index contributed by atoms with van der Waals surface area (Å²) in [5, 5.41) is 2.74. The number of hydrogen-bond donors (Lipinski definition) is 1. The maximum Gasteiger partial charge on any atom is 0.325 e. The van der Waals surface area contributed by atoms with Crippen molar-refractivity contribution in [2.75, 3.05) is 0 Å². The third-order valence-corrected chi connectivity index (χ3v) is 3.45. The number of urea groups is 1. The smallest absolute Gasteiger partial charge is 0.325 e. The lowest BCUT2D eigenvalue weighted by molar-refractivity contribution is -0.127. The number of rotatable bonds is 4. The zero-order valence-corrected chi connectivity index (χ0v) is 11.4. The van der Waals surface area contributed by atoms with Crippen molar-refractivity contribution in [1.29, 1.82) is 0 Å². The molecule has 3 rings (SSSR count). The summed E-state index contributed by atoms with van der Waals surface area (Å²) in [6.45, 7) is 0.254. The minimum Gasteiger partial charge on any atom is -0.325 e. The van der Waals surface area contributed by atoms with E-state index in [1.54, 1.807) is 18.5 Å². The van der Waals surface area contributed by atoms with Gasteiger partial charge in [-0.2, -0.15) is 0 Å². The third-order valence-electron chi connectivity index (χ3n) is 3.45. The second-order valence-corrected chi connectivity index (χ2v) is 4.98. The van der Waals surface area contributed by atoms with Gasteiger partial charge in [0, 0.05) is 18.8 Å². The van der Waals surface area contributed by atoms with Gasteiger partial charge in [0.05, 0.1) is 6.54 Å². The van der Waals surface area contributed by atoms with Gasteiger partial charge in [0.1, 0.15) is 6.04 Å². The van der Waals surface area contributed by atoms with Crippen LogP contribution in [-0.2, 0) is 17.8 Å². The Morgan fingerprint density at radius 2 is 1.81 bits per heavy atom. The van der Waals surface area contributed by atoms with E-state index in [1.165, 1.54) is 4.90 Å². The van der Waals surface area contributed by atoms with Crippen molar-refractivity contribution in [3.05, 3.63) is 66.0 Å². The topological polar surface area (TPSA) is 62.3 Å². The molecule has 1 atom stereocenters. The van der Waals surface area contributed by atoms with Crippen LogP contribution in [0.15, 0.2) is 54.9 Å². The molecule has 0 aliphatic carbocycles. The Morgan fingerprint density at radius 3 is 2.52 bits per heavy atom. The van der Waals surface area contributed by atoms with Gasteiger partial charge < -0.3 is 5.32 Å². The first kappa shape index (κ1) is 13.3. The molecule has 2 aromatic rings. The SMILES string of the molecule is O=C1N[C@H](Cc2ccccc2)C(=O)N1Cc1cccnc1. The van der Waals surface area contributed by atoms with Crippen LogP contribution < -0.4 is 5.32 Å². The van der Waals surface area contributed by atoms with Gasteiger partial charge >= 0.3 is 6.03 Å².